The summed E-state index contributed by atoms with van der Waals surface area (Å²) < 4.78 is 3.48. The van der Waals surface area contributed by atoms with E-state index in [9.17, 15) is 4.79 Å². The van der Waals surface area contributed by atoms with Gasteiger partial charge in [0, 0.05) is 23.5 Å². The predicted octanol–water partition coefficient (Wildman–Crippen LogP) is 1.47. The highest BCUT2D eigenvalue weighted by Gasteiger charge is 2.15. The molecule has 2 rings (SSSR count). The topological polar surface area (TPSA) is 76.5 Å². The highest BCUT2D eigenvalue weighted by molar-refractivity contribution is 5.97. The molecule has 0 aromatic carbocycles. The Kier molecular flexibility index (Phi) is 3.47. The summed E-state index contributed by atoms with van der Waals surface area (Å²) >= 11 is 0. The summed E-state index contributed by atoms with van der Waals surface area (Å²) in [5.74, 6) is 0.0500. The van der Waals surface area contributed by atoms with E-state index in [1.807, 2.05) is 32.9 Å². The fourth-order valence-electron chi connectivity index (χ4n) is 2.22. The van der Waals surface area contributed by atoms with Crippen molar-refractivity contribution in [1.82, 2.24) is 19.3 Å². The van der Waals surface area contributed by atoms with Crippen molar-refractivity contribution in [2.45, 2.75) is 33.9 Å². The van der Waals surface area contributed by atoms with Gasteiger partial charge in [-0.2, -0.15) is 5.26 Å². The largest absolute Gasteiger partial charge is 0.349 e. The summed E-state index contributed by atoms with van der Waals surface area (Å²) in [6.07, 6.45) is 1.40. The molecule has 0 aliphatic rings. The molecule has 0 atom stereocenters. The molecule has 0 N–H and O–H groups in total. The molecular formula is C13H15N5O. The Balaban J connectivity index is 2.23. The van der Waals surface area contributed by atoms with Crippen LogP contribution in [0.5, 0.6) is 0 Å². The maximum atomic E-state index is 12.2. The van der Waals surface area contributed by atoms with Crippen molar-refractivity contribution in [3.63, 3.8) is 0 Å². The third-order valence-corrected chi connectivity index (χ3v) is 3.13. The van der Waals surface area contributed by atoms with Crippen LogP contribution in [0.4, 0.5) is 0 Å². The number of aromatic nitrogens is 4. The summed E-state index contributed by atoms with van der Waals surface area (Å²) in [5, 5.41) is 12.5. The van der Waals surface area contributed by atoms with Crippen LogP contribution in [0, 0.1) is 25.2 Å². The van der Waals surface area contributed by atoms with Crippen molar-refractivity contribution in [2.24, 2.45) is 0 Å². The first kappa shape index (κ1) is 13.0. The van der Waals surface area contributed by atoms with Crippen LogP contribution in [0.15, 0.2) is 12.4 Å². The van der Waals surface area contributed by atoms with E-state index in [4.69, 9.17) is 5.26 Å². The summed E-state index contributed by atoms with van der Waals surface area (Å²) in [7, 11) is 0. The molecule has 0 aliphatic heterocycles. The second-order valence-corrected chi connectivity index (χ2v) is 4.33. The van der Waals surface area contributed by atoms with Crippen molar-refractivity contribution in [3.05, 3.63) is 35.2 Å². The molecule has 2 aromatic heterocycles. The van der Waals surface area contributed by atoms with Crippen LogP contribution >= 0.6 is 0 Å². The second kappa shape index (κ2) is 5.06. The summed E-state index contributed by atoms with van der Waals surface area (Å²) in [6, 6.07) is 3.73. The van der Waals surface area contributed by atoms with Gasteiger partial charge in [-0.15, -0.1) is 5.10 Å². The maximum absolute atomic E-state index is 12.2. The molecule has 6 heteroatoms. The number of carbonyl (C=O) groups excluding carboxylic acids is 1. The summed E-state index contributed by atoms with van der Waals surface area (Å²) in [4.78, 5) is 16.0. The van der Waals surface area contributed by atoms with Crippen molar-refractivity contribution in [3.8, 4) is 6.07 Å². The van der Waals surface area contributed by atoms with E-state index in [0.717, 1.165) is 17.9 Å². The van der Waals surface area contributed by atoms with Gasteiger partial charge in [0.15, 0.2) is 5.78 Å². The van der Waals surface area contributed by atoms with E-state index in [2.05, 4.69) is 14.6 Å². The van der Waals surface area contributed by atoms with Gasteiger partial charge in [0.1, 0.15) is 18.9 Å². The lowest BCUT2D eigenvalue weighted by molar-refractivity contribution is 0.0967. The van der Waals surface area contributed by atoms with Crippen molar-refractivity contribution >= 4 is 5.78 Å². The van der Waals surface area contributed by atoms with Gasteiger partial charge in [-0.25, -0.2) is 9.67 Å². The van der Waals surface area contributed by atoms with E-state index in [0.29, 0.717) is 5.56 Å². The number of rotatable bonds is 4. The molecule has 0 aliphatic carbocycles. The second-order valence-electron chi connectivity index (χ2n) is 4.33. The fourth-order valence-corrected chi connectivity index (χ4v) is 2.22. The summed E-state index contributed by atoms with van der Waals surface area (Å²) in [6.45, 7) is 6.91. The van der Waals surface area contributed by atoms with E-state index in [1.165, 1.54) is 11.0 Å². The quantitative estimate of drug-likeness (QED) is 0.777. The molecule has 0 amide bonds. The predicted molar refractivity (Wildman–Crippen MR) is 68.6 cm³/mol. The van der Waals surface area contributed by atoms with Crippen LogP contribution in [0.25, 0.3) is 0 Å². The molecule has 6 nitrogen and oxygen atoms in total. The molecule has 0 bridgehead atoms. The highest BCUT2D eigenvalue weighted by Crippen LogP contribution is 2.16. The third kappa shape index (κ3) is 2.40. The zero-order valence-electron chi connectivity index (χ0n) is 11.2. The normalized spacial score (nSPS) is 10.4. The van der Waals surface area contributed by atoms with E-state index >= 15 is 0 Å². The standard InChI is InChI=1S/C13H15N5O/c1-4-18-9(2)5-11(10(18)3)12(19)7-17-8-15-13(6-14)16-17/h5,8H,4,7H2,1-3H3. The van der Waals surface area contributed by atoms with Gasteiger partial charge in [-0.05, 0) is 26.8 Å². The zero-order chi connectivity index (χ0) is 14.0. The smallest absolute Gasteiger partial charge is 0.252 e. The lowest BCUT2D eigenvalue weighted by atomic mass is 10.1. The van der Waals surface area contributed by atoms with Crippen LogP contribution in [0.1, 0.15) is 34.5 Å². The molecule has 0 unspecified atom stereocenters. The first-order chi connectivity index (χ1) is 9.06. The van der Waals surface area contributed by atoms with E-state index < -0.39 is 0 Å². The maximum Gasteiger partial charge on any atom is 0.252 e. The van der Waals surface area contributed by atoms with Crippen molar-refractivity contribution in [2.75, 3.05) is 0 Å². The molecule has 19 heavy (non-hydrogen) atoms. The van der Waals surface area contributed by atoms with Crippen molar-refractivity contribution in [1.29, 1.82) is 5.26 Å². The number of nitrogens with zero attached hydrogens (tertiary/aromatic N) is 5. The van der Waals surface area contributed by atoms with Crippen LogP contribution in [0.2, 0.25) is 0 Å². The molecule has 0 spiro atoms. The van der Waals surface area contributed by atoms with Gasteiger partial charge in [-0.3, -0.25) is 4.79 Å². The molecular weight excluding hydrogens is 242 g/mol. The molecule has 2 aromatic rings. The van der Waals surface area contributed by atoms with Gasteiger partial charge in [-0.1, -0.05) is 0 Å². The number of aryl methyl sites for hydroxylation is 1. The Bertz CT molecular complexity index is 659. The van der Waals surface area contributed by atoms with Gasteiger partial charge in [0.2, 0.25) is 0 Å². The van der Waals surface area contributed by atoms with Gasteiger partial charge in [0.05, 0.1) is 0 Å². The molecule has 0 saturated heterocycles. The van der Waals surface area contributed by atoms with Gasteiger partial charge < -0.3 is 4.57 Å². The molecule has 0 saturated carbocycles. The molecule has 0 radical (unpaired) electrons. The number of ketones is 1. The molecule has 0 fully saturated rings. The monoisotopic (exact) mass is 257 g/mol. The van der Waals surface area contributed by atoms with Gasteiger partial charge in [0.25, 0.3) is 5.82 Å². The minimum absolute atomic E-state index is 0.0258. The first-order valence-corrected chi connectivity index (χ1v) is 6.06. The SMILES string of the molecule is CCn1c(C)cc(C(=O)Cn2cnc(C#N)n2)c1C. The Morgan fingerprint density at radius 2 is 2.21 bits per heavy atom. The Hall–Kier alpha value is -2.42. The highest BCUT2D eigenvalue weighted by atomic mass is 16.1. The van der Waals surface area contributed by atoms with Crippen LogP contribution in [0.3, 0.4) is 0 Å². The minimum Gasteiger partial charge on any atom is -0.349 e. The summed E-state index contributed by atoms with van der Waals surface area (Å²) in [5.41, 5.74) is 2.73. The first-order valence-electron chi connectivity index (χ1n) is 6.06. The van der Waals surface area contributed by atoms with E-state index in [-0.39, 0.29) is 18.2 Å². The number of hydrogen-bond acceptors (Lipinski definition) is 4. The number of nitriles is 1. The molecule has 98 valence electrons. The third-order valence-electron chi connectivity index (χ3n) is 3.13. The zero-order valence-corrected chi connectivity index (χ0v) is 11.2. The number of hydrogen-bond donors (Lipinski definition) is 0. The van der Waals surface area contributed by atoms with Gasteiger partial charge >= 0.3 is 0 Å². The average molecular weight is 257 g/mol. The minimum atomic E-state index is -0.0258. The lowest BCUT2D eigenvalue weighted by Crippen LogP contribution is -2.12. The van der Waals surface area contributed by atoms with Crippen LogP contribution in [-0.2, 0) is 13.1 Å². The molecule has 2 heterocycles. The van der Waals surface area contributed by atoms with Crippen LogP contribution < -0.4 is 0 Å². The Labute approximate surface area is 111 Å². The average Bonchev–Trinajstić information content (AvgIpc) is 2.94. The van der Waals surface area contributed by atoms with Crippen LogP contribution in [-0.4, -0.2) is 25.1 Å². The fraction of sp³-hybridized carbons (Fsp3) is 0.385. The lowest BCUT2D eigenvalue weighted by Gasteiger charge is -2.05. The number of Topliss-reactive ketones (excluding diaryl/α,β-unsaturated/α-hetero) is 1. The Morgan fingerprint density at radius 1 is 1.47 bits per heavy atom. The number of carbonyl (C=O) groups is 1. The Morgan fingerprint density at radius 3 is 2.74 bits per heavy atom. The van der Waals surface area contributed by atoms with E-state index in [1.54, 1.807) is 0 Å². The van der Waals surface area contributed by atoms with Crippen molar-refractivity contribution < 1.29 is 4.79 Å².